The second-order valence-corrected chi connectivity index (χ2v) is 6.35. The van der Waals surface area contributed by atoms with E-state index in [4.69, 9.17) is 0 Å². The first-order valence-electron chi connectivity index (χ1n) is 8.77. The van der Waals surface area contributed by atoms with Crippen LogP contribution >= 0.6 is 0 Å². The molecule has 0 bridgehead atoms. The lowest BCUT2D eigenvalue weighted by molar-refractivity contribution is -0.198. The van der Waals surface area contributed by atoms with E-state index in [9.17, 15) is 27.6 Å². The van der Waals surface area contributed by atoms with Crippen LogP contribution in [0.3, 0.4) is 0 Å². The van der Waals surface area contributed by atoms with Gasteiger partial charge in [-0.25, -0.2) is 4.79 Å². The minimum atomic E-state index is -5.06. The second kappa shape index (κ2) is 8.41. The van der Waals surface area contributed by atoms with Crippen molar-refractivity contribution >= 4 is 17.8 Å². The van der Waals surface area contributed by atoms with Crippen molar-refractivity contribution in [2.45, 2.75) is 44.3 Å². The first-order valence-corrected chi connectivity index (χ1v) is 8.77. The van der Waals surface area contributed by atoms with E-state index in [1.54, 1.807) is 5.32 Å². The maximum absolute atomic E-state index is 13.8. The molecule has 27 heavy (non-hydrogen) atoms. The fraction of sp³-hybridized carbons (Fsp3) is 0.500. The van der Waals surface area contributed by atoms with E-state index in [2.05, 4.69) is 5.32 Å². The van der Waals surface area contributed by atoms with Gasteiger partial charge in [-0.1, -0.05) is 56.5 Å². The Morgan fingerprint density at radius 2 is 1.81 bits per heavy atom. The number of hydrogen-bond donors (Lipinski definition) is 2. The number of nitrogens with zero attached hydrogens (tertiary/aromatic N) is 1. The van der Waals surface area contributed by atoms with E-state index in [-0.39, 0.29) is 0 Å². The van der Waals surface area contributed by atoms with E-state index >= 15 is 0 Å². The molecule has 1 aliphatic heterocycles. The molecule has 1 fully saturated rings. The van der Waals surface area contributed by atoms with Gasteiger partial charge in [0.15, 0.2) is 0 Å². The van der Waals surface area contributed by atoms with Gasteiger partial charge in [-0.2, -0.15) is 13.2 Å². The molecule has 4 amide bonds. The van der Waals surface area contributed by atoms with Crippen LogP contribution in [0.25, 0.3) is 0 Å². The molecule has 0 spiro atoms. The van der Waals surface area contributed by atoms with Crippen molar-refractivity contribution in [2.24, 2.45) is 0 Å². The van der Waals surface area contributed by atoms with E-state index in [0.29, 0.717) is 11.4 Å². The average molecular weight is 385 g/mol. The summed E-state index contributed by atoms with van der Waals surface area (Å²) in [6.45, 7) is 1.62. The molecule has 0 aliphatic carbocycles. The number of benzene rings is 1. The Labute approximate surface area is 155 Å². The van der Waals surface area contributed by atoms with Crippen LogP contribution in [0.4, 0.5) is 18.0 Å². The molecule has 0 radical (unpaired) electrons. The average Bonchev–Trinajstić information content (AvgIpc) is 2.87. The highest BCUT2D eigenvalue weighted by Gasteiger charge is 2.68. The summed E-state index contributed by atoms with van der Waals surface area (Å²) in [5, 5.41) is 4.27. The van der Waals surface area contributed by atoms with Crippen molar-refractivity contribution in [3.8, 4) is 0 Å². The zero-order valence-electron chi connectivity index (χ0n) is 14.9. The monoisotopic (exact) mass is 385 g/mol. The fourth-order valence-electron chi connectivity index (χ4n) is 2.94. The van der Waals surface area contributed by atoms with E-state index in [1.165, 1.54) is 18.2 Å². The van der Waals surface area contributed by atoms with Gasteiger partial charge in [0, 0.05) is 6.54 Å². The predicted molar refractivity (Wildman–Crippen MR) is 91.6 cm³/mol. The van der Waals surface area contributed by atoms with Crippen LogP contribution in [-0.2, 0) is 15.1 Å². The number of urea groups is 1. The maximum Gasteiger partial charge on any atom is 0.425 e. The molecule has 2 rings (SSSR count). The highest BCUT2D eigenvalue weighted by atomic mass is 19.4. The summed E-state index contributed by atoms with van der Waals surface area (Å²) < 4.78 is 41.4. The zero-order valence-corrected chi connectivity index (χ0v) is 14.9. The lowest BCUT2D eigenvalue weighted by atomic mass is 9.89. The largest absolute Gasteiger partial charge is 0.425 e. The van der Waals surface area contributed by atoms with Crippen molar-refractivity contribution in [1.29, 1.82) is 0 Å². The van der Waals surface area contributed by atoms with Crippen LogP contribution in [-0.4, -0.2) is 42.0 Å². The molecule has 1 unspecified atom stereocenters. The summed E-state index contributed by atoms with van der Waals surface area (Å²) >= 11 is 0. The number of imide groups is 1. The summed E-state index contributed by atoms with van der Waals surface area (Å²) in [6.07, 6.45) is -1.41. The molecule has 9 heteroatoms. The van der Waals surface area contributed by atoms with Crippen LogP contribution in [0.5, 0.6) is 0 Å². The van der Waals surface area contributed by atoms with Crippen molar-refractivity contribution < 1.29 is 27.6 Å². The highest BCUT2D eigenvalue weighted by Crippen LogP contribution is 2.43. The Balaban J connectivity index is 2.13. The van der Waals surface area contributed by atoms with E-state index in [1.807, 2.05) is 6.92 Å². The zero-order chi connectivity index (χ0) is 20.1. The van der Waals surface area contributed by atoms with Gasteiger partial charge in [0.05, 0.1) is 0 Å². The first kappa shape index (κ1) is 20.7. The van der Waals surface area contributed by atoms with Crippen molar-refractivity contribution in [3.05, 3.63) is 35.9 Å². The number of rotatable bonds is 8. The van der Waals surface area contributed by atoms with Crippen LogP contribution in [0, 0.1) is 0 Å². The van der Waals surface area contributed by atoms with Gasteiger partial charge in [-0.15, -0.1) is 0 Å². The topological polar surface area (TPSA) is 78.5 Å². The smallest absolute Gasteiger partial charge is 0.355 e. The van der Waals surface area contributed by atoms with Crippen molar-refractivity contribution in [3.63, 3.8) is 0 Å². The quantitative estimate of drug-likeness (QED) is 0.534. The van der Waals surface area contributed by atoms with E-state index < -0.39 is 41.7 Å². The molecule has 1 saturated heterocycles. The predicted octanol–water partition coefficient (Wildman–Crippen LogP) is 2.69. The van der Waals surface area contributed by atoms with Crippen LogP contribution in [0.1, 0.15) is 38.2 Å². The fourth-order valence-corrected chi connectivity index (χ4v) is 2.94. The maximum atomic E-state index is 13.8. The minimum absolute atomic E-state index is 0.307. The molecule has 0 aromatic heterocycles. The molecule has 2 N–H and O–H groups in total. The van der Waals surface area contributed by atoms with E-state index in [0.717, 1.165) is 37.8 Å². The molecule has 1 aromatic rings. The van der Waals surface area contributed by atoms with Crippen LogP contribution < -0.4 is 10.6 Å². The molecule has 1 atom stereocenters. The molecule has 1 aliphatic rings. The van der Waals surface area contributed by atoms with Gasteiger partial charge in [-0.3, -0.25) is 14.5 Å². The van der Waals surface area contributed by atoms with Gasteiger partial charge < -0.3 is 10.6 Å². The summed E-state index contributed by atoms with van der Waals surface area (Å²) in [6, 6.07) is 5.16. The molecule has 6 nitrogen and oxygen atoms in total. The number of unbranched alkanes of at least 4 members (excludes halogenated alkanes) is 3. The summed E-state index contributed by atoms with van der Waals surface area (Å²) in [5.41, 5.74) is -3.59. The van der Waals surface area contributed by atoms with Crippen LogP contribution in [0.2, 0.25) is 0 Å². The number of amides is 4. The number of hydrogen-bond acceptors (Lipinski definition) is 3. The van der Waals surface area contributed by atoms with Crippen molar-refractivity contribution in [2.75, 3.05) is 13.1 Å². The molecular formula is C18H22F3N3O3. The third-order valence-electron chi connectivity index (χ3n) is 4.39. The van der Waals surface area contributed by atoms with Gasteiger partial charge in [0.1, 0.15) is 6.54 Å². The number of halogens is 3. The Morgan fingerprint density at radius 3 is 2.41 bits per heavy atom. The summed E-state index contributed by atoms with van der Waals surface area (Å²) in [7, 11) is 0. The molecular weight excluding hydrogens is 363 g/mol. The third-order valence-corrected chi connectivity index (χ3v) is 4.39. The molecule has 0 saturated carbocycles. The lowest BCUT2D eigenvalue weighted by Gasteiger charge is -2.29. The number of alkyl halides is 3. The molecule has 148 valence electrons. The molecule has 1 aromatic carbocycles. The Kier molecular flexibility index (Phi) is 6.45. The third kappa shape index (κ3) is 4.23. The first-order chi connectivity index (χ1) is 12.7. The normalized spacial score (nSPS) is 19.9. The number of carbonyl (C=O) groups is 3. The Hall–Kier alpha value is -2.58. The van der Waals surface area contributed by atoms with Gasteiger partial charge >= 0.3 is 12.2 Å². The van der Waals surface area contributed by atoms with Gasteiger partial charge in [0.2, 0.25) is 11.4 Å². The lowest BCUT2D eigenvalue weighted by Crippen LogP contribution is -2.56. The standard InChI is InChI=1S/C18H22F3N3O3/c1-2-3-4-8-11-22-14(25)12-24-15(26)17(18(19,20)21,23-16(24)27)13-9-6-5-7-10-13/h5-7,9-10H,2-4,8,11-12H2,1H3,(H,22,25)(H,23,27). The highest BCUT2D eigenvalue weighted by molar-refractivity contribution is 6.09. The van der Waals surface area contributed by atoms with Crippen LogP contribution in [0.15, 0.2) is 30.3 Å². The van der Waals surface area contributed by atoms with Gasteiger partial charge in [0.25, 0.3) is 5.91 Å². The van der Waals surface area contributed by atoms with Crippen molar-refractivity contribution in [1.82, 2.24) is 15.5 Å². The second-order valence-electron chi connectivity index (χ2n) is 6.35. The SMILES string of the molecule is CCCCCCNC(=O)CN1C(=O)NC(c2ccccc2)(C(F)(F)F)C1=O. The van der Waals surface area contributed by atoms with Gasteiger partial charge in [-0.05, 0) is 12.0 Å². The number of nitrogens with one attached hydrogen (secondary N) is 2. The molecule has 1 heterocycles. The Bertz CT molecular complexity index is 694. The summed E-state index contributed by atoms with van der Waals surface area (Å²) in [4.78, 5) is 36.9. The minimum Gasteiger partial charge on any atom is -0.355 e. The summed E-state index contributed by atoms with van der Waals surface area (Å²) in [5.74, 6) is -2.19. The number of carbonyl (C=O) groups excluding carboxylic acids is 3. The Morgan fingerprint density at radius 1 is 1.15 bits per heavy atom.